The van der Waals surface area contributed by atoms with E-state index < -0.39 is 0 Å². The molecule has 2 N–H and O–H groups in total. The van der Waals surface area contributed by atoms with Gasteiger partial charge in [-0.15, -0.1) is 0 Å². The maximum absolute atomic E-state index is 12.6. The molecule has 0 fully saturated rings. The standard InChI is InChI=1S/C24H27ClN2O4/c1-14(2)18-11-19-16(9-24(29)31-22(19)8-15(18)3)12-27(4)13-23(28)26-20-10-17(25)6-7-21(20)30-5/h6-11,14H,12-13H2,1-5H3,(H,26,28)/p+1. The van der Waals surface area contributed by atoms with E-state index in [-0.39, 0.29) is 18.1 Å². The summed E-state index contributed by atoms with van der Waals surface area (Å²) in [4.78, 5) is 25.6. The molecule has 2 aromatic carbocycles. The van der Waals surface area contributed by atoms with Crippen molar-refractivity contribution >= 4 is 34.2 Å². The van der Waals surface area contributed by atoms with E-state index in [0.717, 1.165) is 21.4 Å². The number of nitrogens with one attached hydrogen (secondary N) is 2. The minimum absolute atomic E-state index is 0.177. The highest BCUT2D eigenvalue weighted by atomic mass is 35.5. The molecule has 0 aliphatic rings. The Labute approximate surface area is 186 Å². The minimum Gasteiger partial charge on any atom is -0.495 e. The number of rotatable bonds is 7. The van der Waals surface area contributed by atoms with Gasteiger partial charge in [-0.05, 0) is 54.3 Å². The first kappa shape index (κ1) is 22.8. The van der Waals surface area contributed by atoms with E-state index in [1.807, 2.05) is 20.0 Å². The fraction of sp³-hybridized carbons (Fsp3) is 0.333. The Balaban J connectivity index is 1.81. The fourth-order valence-corrected chi connectivity index (χ4v) is 3.97. The Morgan fingerprint density at radius 2 is 1.97 bits per heavy atom. The van der Waals surface area contributed by atoms with Crippen LogP contribution in [0.3, 0.4) is 0 Å². The van der Waals surface area contributed by atoms with Gasteiger partial charge in [-0.2, -0.15) is 0 Å². The van der Waals surface area contributed by atoms with E-state index >= 15 is 0 Å². The lowest BCUT2D eigenvalue weighted by Gasteiger charge is -2.17. The normalized spacial score (nSPS) is 12.2. The van der Waals surface area contributed by atoms with Crippen molar-refractivity contribution < 1.29 is 18.8 Å². The smallest absolute Gasteiger partial charge is 0.336 e. The van der Waals surface area contributed by atoms with E-state index in [4.69, 9.17) is 20.8 Å². The number of hydrogen-bond acceptors (Lipinski definition) is 4. The first-order chi connectivity index (χ1) is 14.7. The summed E-state index contributed by atoms with van der Waals surface area (Å²) in [6, 6.07) is 10.6. The molecule has 0 spiro atoms. The highest BCUT2D eigenvalue weighted by molar-refractivity contribution is 6.31. The van der Waals surface area contributed by atoms with Crippen molar-refractivity contribution in [2.45, 2.75) is 33.2 Å². The summed E-state index contributed by atoms with van der Waals surface area (Å²) < 4.78 is 10.7. The molecular formula is C24H28ClN2O4+. The summed E-state index contributed by atoms with van der Waals surface area (Å²) in [6.07, 6.45) is 0. The molecule has 1 atom stereocenters. The third-order valence-corrected chi connectivity index (χ3v) is 5.46. The first-order valence-corrected chi connectivity index (χ1v) is 10.6. The van der Waals surface area contributed by atoms with Gasteiger partial charge in [0.1, 0.15) is 17.9 Å². The number of fused-ring (bicyclic) bond motifs is 1. The van der Waals surface area contributed by atoms with Gasteiger partial charge in [-0.1, -0.05) is 25.4 Å². The number of methoxy groups -OCH3 is 1. The monoisotopic (exact) mass is 443 g/mol. The Kier molecular flexibility index (Phi) is 7.03. The van der Waals surface area contributed by atoms with E-state index in [9.17, 15) is 9.59 Å². The van der Waals surface area contributed by atoms with Gasteiger partial charge < -0.3 is 19.4 Å². The van der Waals surface area contributed by atoms with Gasteiger partial charge in [0, 0.05) is 22.0 Å². The van der Waals surface area contributed by atoms with Crippen molar-refractivity contribution in [2.75, 3.05) is 26.0 Å². The van der Waals surface area contributed by atoms with E-state index in [1.54, 1.807) is 18.2 Å². The van der Waals surface area contributed by atoms with Crippen LogP contribution in [0.5, 0.6) is 5.75 Å². The second-order valence-electron chi connectivity index (χ2n) is 8.15. The predicted octanol–water partition coefficient (Wildman–Crippen LogP) is 3.54. The Morgan fingerprint density at radius 3 is 2.65 bits per heavy atom. The van der Waals surface area contributed by atoms with E-state index in [1.165, 1.54) is 18.7 Å². The number of ether oxygens (including phenoxy) is 1. The Hall–Kier alpha value is -2.83. The lowest BCUT2D eigenvalue weighted by Crippen LogP contribution is -3.08. The minimum atomic E-state index is -0.389. The summed E-state index contributed by atoms with van der Waals surface area (Å²) >= 11 is 6.04. The van der Waals surface area contributed by atoms with Crippen LogP contribution in [-0.2, 0) is 11.3 Å². The van der Waals surface area contributed by atoms with Crippen LogP contribution < -0.4 is 20.6 Å². The zero-order valence-corrected chi connectivity index (χ0v) is 19.2. The average Bonchev–Trinajstić information content (AvgIpc) is 2.67. The van der Waals surface area contributed by atoms with Crippen molar-refractivity contribution in [3.8, 4) is 5.75 Å². The number of hydrogen-bond donors (Lipinski definition) is 2. The number of amides is 1. The van der Waals surface area contributed by atoms with Gasteiger partial charge in [0.05, 0.1) is 19.8 Å². The number of aryl methyl sites for hydroxylation is 1. The number of carbonyl (C=O) groups is 1. The summed E-state index contributed by atoms with van der Waals surface area (Å²) in [5.74, 6) is 0.718. The molecule has 0 saturated carbocycles. The topological polar surface area (TPSA) is 73.0 Å². The summed E-state index contributed by atoms with van der Waals surface area (Å²) in [5.41, 5.74) is 3.88. The van der Waals surface area contributed by atoms with Gasteiger partial charge in [-0.25, -0.2) is 4.79 Å². The second kappa shape index (κ2) is 9.54. The lowest BCUT2D eigenvalue weighted by molar-refractivity contribution is -0.885. The highest BCUT2D eigenvalue weighted by Crippen LogP contribution is 2.28. The molecule has 1 heterocycles. The van der Waals surface area contributed by atoms with Crippen LogP contribution >= 0.6 is 11.6 Å². The summed E-state index contributed by atoms with van der Waals surface area (Å²) in [7, 11) is 3.45. The van der Waals surface area contributed by atoms with Crippen LogP contribution in [0.4, 0.5) is 5.69 Å². The molecule has 0 bridgehead atoms. The summed E-state index contributed by atoms with van der Waals surface area (Å²) in [5, 5.41) is 4.27. The highest BCUT2D eigenvalue weighted by Gasteiger charge is 2.17. The molecule has 1 aromatic heterocycles. The molecule has 0 aliphatic carbocycles. The lowest BCUT2D eigenvalue weighted by atomic mass is 9.95. The summed E-state index contributed by atoms with van der Waals surface area (Å²) in [6.45, 7) is 7.01. The quantitative estimate of drug-likeness (QED) is 0.548. The van der Waals surface area contributed by atoms with Crippen LogP contribution in [-0.4, -0.2) is 26.6 Å². The number of quaternary nitrogens is 1. The molecule has 0 radical (unpaired) electrons. The molecule has 31 heavy (non-hydrogen) atoms. The maximum Gasteiger partial charge on any atom is 0.336 e. The SMILES string of the molecule is COc1ccc(Cl)cc1NC(=O)C[NH+](C)Cc1cc(=O)oc2cc(C)c(C(C)C)cc12. The fourth-order valence-electron chi connectivity index (χ4n) is 3.79. The van der Waals surface area contributed by atoms with Gasteiger partial charge in [-0.3, -0.25) is 4.79 Å². The molecule has 6 nitrogen and oxygen atoms in total. The van der Waals surface area contributed by atoms with Crippen LogP contribution in [0, 0.1) is 6.92 Å². The van der Waals surface area contributed by atoms with Crippen molar-refractivity contribution in [3.05, 3.63) is 68.5 Å². The van der Waals surface area contributed by atoms with Crippen LogP contribution in [0.1, 0.15) is 36.5 Å². The molecule has 7 heteroatoms. The third kappa shape index (κ3) is 5.46. The zero-order valence-electron chi connectivity index (χ0n) is 18.5. The second-order valence-corrected chi connectivity index (χ2v) is 8.59. The maximum atomic E-state index is 12.6. The average molecular weight is 444 g/mol. The van der Waals surface area contributed by atoms with Crippen LogP contribution in [0.15, 0.2) is 45.6 Å². The number of benzene rings is 2. The first-order valence-electron chi connectivity index (χ1n) is 10.2. The largest absolute Gasteiger partial charge is 0.495 e. The molecule has 1 unspecified atom stereocenters. The van der Waals surface area contributed by atoms with Crippen molar-refractivity contribution in [2.24, 2.45) is 0 Å². The van der Waals surface area contributed by atoms with E-state index in [0.29, 0.717) is 34.5 Å². The molecule has 3 rings (SSSR count). The third-order valence-electron chi connectivity index (χ3n) is 5.23. The number of anilines is 1. The van der Waals surface area contributed by atoms with Gasteiger partial charge in [0.25, 0.3) is 5.91 Å². The Morgan fingerprint density at radius 1 is 1.23 bits per heavy atom. The van der Waals surface area contributed by atoms with Crippen molar-refractivity contribution in [3.63, 3.8) is 0 Å². The predicted molar refractivity (Wildman–Crippen MR) is 123 cm³/mol. The number of carbonyl (C=O) groups excluding carboxylic acids is 1. The van der Waals surface area contributed by atoms with Gasteiger partial charge >= 0.3 is 5.63 Å². The van der Waals surface area contributed by atoms with Crippen molar-refractivity contribution in [1.29, 1.82) is 0 Å². The van der Waals surface area contributed by atoms with E-state index in [2.05, 4.69) is 25.2 Å². The molecular weight excluding hydrogens is 416 g/mol. The number of halogens is 1. The molecule has 3 aromatic rings. The Bertz CT molecular complexity index is 1170. The van der Waals surface area contributed by atoms with Gasteiger partial charge in [0.15, 0.2) is 6.54 Å². The van der Waals surface area contributed by atoms with Gasteiger partial charge in [0.2, 0.25) is 0 Å². The number of likely N-dealkylation sites (N-methyl/N-ethyl adjacent to an activating group) is 1. The molecule has 0 aliphatic heterocycles. The van der Waals surface area contributed by atoms with Crippen LogP contribution in [0.25, 0.3) is 11.0 Å². The zero-order chi connectivity index (χ0) is 22.7. The molecule has 1 amide bonds. The van der Waals surface area contributed by atoms with Crippen molar-refractivity contribution in [1.82, 2.24) is 0 Å². The molecule has 0 saturated heterocycles. The molecule has 164 valence electrons. The van der Waals surface area contributed by atoms with Crippen LogP contribution in [0.2, 0.25) is 5.02 Å².